The van der Waals surface area contributed by atoms with Crippen LogP contribution < -0.4 is 20.4 Å². The summed E-state index contributed by atoms with van der Waals surface area (Å²) < 4.78 is 0. The highest BCUT2D eigenvalue weighted by atomic mass is 16.3. The van der Waals surface area contributed by atoms with E-state index in [1.807, 2.05) is 24.3 Å². The van der Waals surface area contributed by atoms with Gasteiger partial charge in [-0.05, 0) is 127 Å². The van der Waals surface area contributed by atoms with Crippen LogP contribution in [-0.4, -0.2) is 72.5 Å². The van der Waals surface area contributed by atoms with E-state index in [2.05, 4.69) is 88.0 Å². The average molecular weight is 738 g/mol. The second-order valence-electron chi connectivity index (χ2n) is 15.5. The van der Waals surface area contributed by atoms with Crippen LogP contribution in [0.1, 0.15) is 84.5 Å². The maximum absolute atomic E-state index is 13.1. The van der Waals surface area contributed by atoms with Gasteiger partial charge in [0.15, 0.2) is 0 Å². The summed E-state index contributed by atoms with van der Waals surface area (Å²) in [6.07, 6.45) is 6.03. The van der Waals surface area contributed by atoms with Gasteiger partial charge in [0.2, 0.25) is 11.8 Å². The molecule has 8 rings (SSSR count). The van der Waals surface area contributed by atoms with E-state index < -0.39 is 6.04 Å². The zero-order chi connectivity index (χ0) is 37.9. The van der Waals surface area contributed by atoms with E-state index in [-0.39, 0.29) is 29.9 Å². The van der Waals surface area contributed by atoms with Crippen LogP contribution >= 0.6 is 0 Å². The molecule has 9 nitrogen and oxygen atoms in total. The molecule has 0 aromatic heterocycles. The number of amides is 3. The molecule has 4 aromatic rings. The van der Waals surface area contributed by atoms with Crippen LogP contribution in [0.4, 0.5) is 11.4 Å². The second kappa shape index (κ2) is 16.1. The zero-order valence-corrected chi connectivity index (χ0v) is 31.7. The molecular weight excluding hydrogens is 687 g/mol. The topological polar surface area (TPSA) is 105 Å². The first-order valence-corrected chi connectivity index (χ1v) is 20.0. The minimum Gasteiger partial charge on any atom is -0.508 e. The molecule has 4 aliphatic heterocycles. The minimum atomic E-state index is -0.587. The highest BCUT2D eigenvalue weighted by Crippen LogP contribution is 2.36. The second-order valence-corrected chi connectivity index (χ2v) is 15.5. The number of aromatic hydroxyl groups is 1. The molecule has 9 heteroatoms. The summed E-state index contributed by atoms with van der Waals surface area (Å²) in [5, 5.41) is 16.3. The fourth-order valence-corrected chi connectivity index (χ4v) is 8.97. The molecule has 4 heterocycles. The minimum absolute atomic E-state index is 0.124. The molecule has 0 bridgehead atoms. The fourth-order valence-electron chi connectivity index (χ4n) is 8.97. The van der Waals surface area contributed by atoms with Crippen molar-refractivity contribution in [1.29, 1.82) is 0 Å². The molecule has 4 aromatic carbocycles. The maximum atomic E-state index is 13.1. The van der Waals surface area contributed by atoms with Gasteiger partial charge in [-0.1, -0.05) is 61.5 Å². The number of benzene rings is 4. The molecule has 1 unspecified atom stereocenters. The molecule has 0 aliphatic carbocycles. The van der Waals surface area contributed by atoms with Gasteiger partial charge in [-0.15, -0.1) is 0 Å². The first kappa shape index (κ1) is 36.6. The lowest BCUT2D eigenvalue weighted by Gasteiger charge is -2.37. The molecule has 284 valence electrons. The van der Waals surface area contributed by atoms with Crippen LogP contribution in [-0.2, 0) is 16.1 Å². The van der Waals surface area contributed by atoms with Crippen molar-refractivity contribution in [2.45, 2.75) is 70.5 Å². The number of carbonyl (C=O) groups is 3. The number of fused-ring (bicyclic) bond motifs is 1. The van der Waals surface area contributed by atoms with Crippen molar-refractivity contribution in [3.63, 3.8) is 0 Å². The largest absolute Gasteiger partial charge is 0.508 e. The lowest BCUT2D eigenvalue weighted by atomic mass is 9.88. The van der Waals surface area contributed by atoms with Gasteiger partial charge in [-0.2, -0.15) is 0 Å². The van der Waals surface area contributed by atoms with Gasteiger partial charge in [0.1, 0.15) is 11.8 Å². The molecule has 0 radical (unpaired) electrons. The SMILES string of the molecule is CCC(=C(c1ccc(O)cc1)c1ccc(N2CCC(CNC3CCN(c4ccc5c(c4)CN(C4CCC(=O)NC4=O)C5=O)CC3)CC2)cc1)c1ccccc1. The number of hydrogen-bond acceptors (Lipinski definition) is 7. The van der Waals surface area contributed by atoms with Crippen molar-refractivity contribution < 1.29 is 19.5 Å². The Balaban J connectivity index is 0.824. The Hall–Kier alpha value is -5.41. The summed E-state index contributed by atoms with van der Waals surface area (Å²) in [6, 6.07) is 33.2. The maximum Gasteiger partial charge on any atom is 0.255 e. The Kier molecular flexibility index (Phi) is 10.7. The van der Waals surface area contributed by atoms with Gasteiger partial charge in [-0.25, -0.2) is 0 Å². The number of allylic oxidation sites excluding steroid dienone is 1. The van der Waals surface area contributed by atoms with Crippen LogP contribution in [0.2, 0.25) is 0 Å². The van der Waals surface area contributed by atoms with Crippen LogP contribution in [0.3, 0.4) is 0 Å². The molecule has 55 heavy (non-hydrogen) atoms. The molecule has 4 aliphatic rings. The Morgan fingerprint density at radius 1 is 0.745 bits per heavy atom. The van der Waals surface area contributed by atoms with E-state index in [1.165, 1.54) is 40.8 Å². The molecule has 3 saturated heterocycles. The number of nitrogens with zero attached hydrogens (tertiary/aromatic N) is 3. The van der Waals surface area contributed by atoms with Crippen LogP contribution in [0, 0.1) is 5.92 Å². The third-order valence-corrected chi connectivity index (χ3v) is 12.1. The first-order chi connectivity index (χ1) is 26.8. The number of nitrogens with one attached hydrogen (secondary N) is 2. The zero-order valence-electron chi connectivity index (χ0n) is 31.7. The predicted molar refractivity (Wildman–Crippen MR) is 218 cm³/mol. The van der Waals surface area contributed by atoms with Crippen molar-refractivity contribution >= 4 is 40.2 Å². The van der Waals surface area contributed by atoms with E-state index >= 15 is 0 Å². The summed E-state index contributed by atoms with van der Waals surface area (Å²) >= 11 is 0. The average Bonchev–Trinajstić information content (AvgIpc) is 3.55. The molecule has 3 fully saturated rings. The quantitative estimate of drug-likeness (QED) is 0.119. The lowest BCUT2D eigenvalue weighted by Crippen LogP contribution is -2.52. The van der Waals surface area contributed by atoms with E-state index in [0.717, 1.165) is 68.8 Å². The summed E-state index contributed by atoms with van der Waals surface area (Å²) in [5.41, 5.74) is 10.0. The monoisotopic (exact) mass is 737 g/mol. The number of imide groups is 1. The van der Waals surface area contributed by atoms with Crippen molar-refractivity contribution in [2.24, 2.45) is 5.92 Å². The van der Waals surface area contributed by atoms with Gasteiger partial charge < -0.3 is 25.1 Å². The van der Waals surface area contributed by atoms with E-state index in [1.54, 1.807) is 17.0 Å². The van der Waals surface area contributed by atoms with Crippen molar-refractivity contribution in [3.05, 3.63) is 125 Å². The third kappa shape index (κ3) is 7.89. The summed E-state index contributed by atoms with van der Waals surface area (Å²) in [6.45, 7) is 7.70. The van der Waals surface area contributed by atoms with Crippen molar-refractivity contribution in [3.8, 4) is 5.75 Å². The number of hydrogen-bond donors (Lipinski definition) is 3. The first-order valence-electron chi connectivity index (χ1n) is 20.0. The van der Waals surface area contributed by atoms with Gasteiger partial charge in [0.05, 0.1) is 0 Å². The number of rotatable bonds is 10. The van der Waals surface area contributed by atoms with Crippen molar-refractivity contribution in [2.75, 3.05) is 42.5 Å². The summed E-state index contributed by atoms with van der Waals surface area (Å²) in [7, 11) is 0. The Morgan fingerprint density at radius 2 is 1.38 bits per heavy atom. The molecular formula is C46H51N5O4. The van der Waals surface area contributed by atoms with E-state index in [4.69, 9.17) is 0 Å². The third-order valence-electron chi connectivity index (χ3n) is 12.1. The van der Waals surface area contributed by atoms with E-state index in [9.17, 15) is 19.5 Å². The van der Waals surface area contributed by atoms with Crippen LogP contribution in [0.5, 0.6) is 5.75 Å². The highest BCUT2D eigenvalue weighted by Gasteiger charge is 2.39. The molecule has 1 atom stereocenters. The van der Waals surface area contributed by atoms with E-state index in [0.29, 0.717) is 30.5 Å². The number of carbonyl (C=O) groups excluding carboxylic acids is 3. The Bertz CT molecular complexity index is 2050. The van der Waals surface area contributed by atoms with Gasteiger partial charge >= 0.3 is 0 Å². The molecule has 3 N–H and O–H groups in total. The lowest BCUT2D eigenvalue weighted by molar-refractivity contribution is -0.136. The number of piperidine rings is 3. The summed E-state index contributed by atoms with van der Waals surface area (Å²) in [4.78, 5) is 43.8. The Morgan fingerprint density at radius 3 is 2.05 bits per heavy atom. The smallest absolute Gasteiger partial charge is 0.255 e. The fraction of sp³-hybridized carbons (Fsp3) is 0.370. The van der Waals surface area contributed by atoms with Gasteiger partial charge in [-0.3, -0.25) is 19.7 Å². The van der Waals surface area contributed by atoms with Crippen molar-refractivity contribution in [1.82, 2.24) is 15.5 Å². The van der Waals surface area contributed by atoms with Gasteiger partial charge in [0, 0.05) is 62.1 Å². The number of phenolic OH excluding ortho intramolecular Hbond substituents is 1. The van der Waals surface area contributed by atoms with Crippen LogP contribution in [0.25, 0.3) is 11.1 Å². The Labute approximate surface area is 324 Å². The van der Waals surface area contributed by atoms with Crippen LogP contribution in [0.15, 0.2) is 97.1 Å². The summed E-state index contributed by atoms with van der Waals surface area (Å²) in [5.74, 6) is 0.172. The molecule has 0 saturated carbocycles. The normalized spacial score (nSPS) is 20.1. The predicted octanol–water partition coefficient (Wildman–Crippen LogP) is 7.00. The van der Waals surface area contributed by atoms with Gasteiger partial charge in [0.25, 0.3) is 5.91 Å². The number of anilines is 2. The molecule has 0 spiro atoms. The number of phenols is 1. The highest BCUT2D eigenvalue weighted by molar-refractivity contribution is 6.05. The molecule has 3 amide bonds. The standard InChI is InChI=1S/C46H51N5O4/c1-2-40(32-6-4-3-5-7-32)44(34-10-15-39(52)16-11-34)33-8-12-37(13-9-33)49-24-20-31(21-25-49)29-47-36-22-26-50(27-23-36)38-14-17-41-35(28-38)30-51(46(41)55)42-18-19-43(53)48-45(42)54/h3-17,28,31,36,42,47,52H,2,18-27,29-30H2,1H3,(H,48,53,54).